The van der Waals surface area contributed by atoms with Crippen molar-refractivity contribution in [2.24, 2.45) is 5.92 Å². The van der Waals surface area contributed by atoms with E-state index in [0.717, 1.165) is 41.9 Å². The predicted molar refractivity (Wildman–Crippen MR) is 61.2 cm³/mol. The summed E-state index contributed by atoms with van der Waals surface area (Å²) >= 11 is 6.92. The van der Waals surface area contributed by atoms with Gasteiger partial charge in [0.2, 0.25) is 0 Å². The van der Waals surface area contributed by atoms with Crippen LogP contribution in [0.1, 0.15) is 12.8 Å². The van der Waals surface area contributed by atoms with E-state index in [1.54, 1.807) is 0 Å². The Hall–Kier alpha value is 0.130. The Balaban J connectivity index is 2.02. The van der Waals surface area contributed by atoms with Gasteiger partial charge in [0.1, 0.15) is 4.60 Å². The molecule has 3 nitrogen and oxygen atoms in total. The first-order valence-corrected chi connectivity index (χ1v) is 6.30. The molecule has 0 unspecified atom stereocenters. The van der Waals surface area contributed by atoms with Crippen molar-refractivity contribution >= 4 is 31.9 Å². The minimum atomic E-state index is 0.713. The molecular weight excluding hydrogens is 312 g/mol. The van der Waals surface area contributed by atoms with Crippen LogP contribution in [0.2, 0.25) is 0 Å². The van der Waals surface area contributed by atoms with Crippen molar-refractivity contribution in [3.8, 4) is 0 Å². The molecule has 5 heteroatoms. The first-order chi connectivity index (χ1) is 6.77. The number of nitrogens with zero attached hydrogens (tertiary/aromatic N) is 2. The molecule has 1 saturated heterocycles. The van der Waals surface area contributed by atoms with Crippen LogP contribution in [0.25, 0.3) is 0 Å². The molecule has 1 aromatic rings. The van der Waals surface area contributed by atoms with Gasteiger partial charge in [-0.25, -0.2) is 4.98 Å². The van der Waals surface area contributed by atoms with Gasteiger partial charge >= 0.3 is 0 Å². The number of aromatic nitrogens is 2. The molecule has 0 spiro atoms. The van der Waals surface area contributed by atoms with Crippen LogP contribution in [0.3, 0.4) is 0 Å². The van der Waals surface area contributed by atoms with Crippen molar-refractivity contribution < 1.29 is 4.74 Å². The molecular formula is C9H12Br2N2O. The molecule has 0 atom stereocenters. The Morgan fingerprint density at radius 1 is 1.43 bits per heavy atom. The molecule has 14 heavy (non-hydrogen) atoms. The summed E-state index contributed by atoms with van der Waals surface area (Å²) in [5, 5.41) is 0. The van der Waals surface area contributed by atoms with E-state index in [1.807, 2.05) is 6.20 Å². The van der Waals surface area contributed by atoms with Gasteiger partial charge in [0.15, 0.2) is 4.73 Å². The fourth-order valence-electron chi connectivity index (χ4n) is 1.68. The van der Waals surface area contributed by atoms with E-state index >= 15 is 0 Å². The molecule has 0 saturated carbocycles. The van der Waals surface area contributed by atoms with Crippen LogP contribution < -0.4 is 0 Å². The molecule has 2 rings (SSSR count). The van der Waals surface area contributed by atoms with Gasteiger partial charge in [0.05, 0.1) is 6.20 Å². The van der Waals surface area contributed by atoms with Crippen LogP contribution in [0.4, 0.5) is 0 Å². The number of rotatable bonds is 2. The third-order valence-electron chi connectivity index (χ3n) is 2.54. The van der Waals surface area contributed by atoms with E-state index < -0.39 is 0 Å². The Morgan fingerprint density at radius 3 is 2.71 bits per heavy atom. The van der Waals surface area contributed by atoms with Crippen LogP contribution >= 0.6 is 31.9 Å². The summed E-state index contributed by atoms with van der Waals surface area (Å²) in [7, 11) is 0. The SMILES string of the molecule is Brc1cnc(Br)n1CC1CCOCC1. The number of halogens is 2. The van der Waals surface area contributed by atoms with E-state index in [-0.39, 0.29) is 0 Å². The van der Waals surface area contributed by atoms with Gasteiger partial charge in [-0.2, -0.15) is 0 Å². The lowest BCUT2D eigenvalue weighted by molar-refractivity contribution is 0.0609. The molecule has 2 heterocycles. The highest BCUT2D eigenvalue weighted by molar-refractivity contribution is 9.11. The molecule has 1 aliphatic heterocycles. The van der Waals surface area contributed by atoms with Crippen LogP contribution in [0, 0.1) is 5.92 Å². The zero-order chi connectivity index (χ0) is 9.97. The largest absolute Gasteiger partial charge is 0.381 e. The zero-order valence-electron chi connectivity index (χ0n) is 7.75. The van der Waals surface area contributed by atoms with E-state index in [1.165, 1.54) is 0 Å². The second-order valence-electron chi connectivity index (χ2n) is 3.52. The van der Waals surface area contributed by atoms with Gasteiger partial charge in [-0.3, -0.25) is 0 Å². The summed E-state index contributed by atoms with van der Waals surface area (Å²) < 4.78 is 9.42. The van der Waals surface area contributed by atoms with Crippen molar-refractivity contribution in [1.82, 2.24) is 9.55 Å². The fourth-order valence-corrected chi connectivity index (χ4v) is 2.78. The molecule has 0 aliphatic carbocycles. The first-order valence-electron chi connectivity index (χ1n) is 4.71. The molecule has 78 valence electrons. The average molecular weight is 324 g/mol. The van der Waals surface area contributed by atoms with E-state index in [0.29, 0.717) is 5.92 Å². The van der Waals surface area contributed by atoms with Crippen molar-refractivity contribution in [1.29, 1.82) is 0 Å². The molecule has 0 radical (unpaired) electrons. The lowest BCUT2D eigenvalue weighted by atomic mass is 10.0. The number of hydrogen-bond donors (Lipinski definition) is 0. The second-order valence-corrected chi connectivity index (χ2v) is 5.04. The second kappa shape index (κ2) is 4.77. The minimum Gasteiger partial charge on any atom is -0.381 e. The molecule has 1 fully saturated rings. The van der Waals surface area contributed by atoms with Gasteiger partial charge < -0.3 is 9.30 Å². The molecule has 0 N–H and O–H groups in total. The molecule has 0 amide bonds. The quantitative estimate of drug-likeness (QED) is 0.836. The summed E-state index contributed by atoms with van der Waals surface area (Å²) in [5.41, 5.74) is 0. The van der Waals surface area contributed by atoms with Crippen LogP contribution in [0.5, 0.6) is 0 Å². The number of hydrogen-bond acceptors (Lipinski definition) is 2. The summed E-state index contributed by atoms with van der Waals surface area (Å²) in [6.45, 7) is 2.81. The predicted octanol–water partition coefficient (Wildman–Crippen LogP) is 2.83. The molecule has 1 aliphatic rings. The maximum atomic E-state index is 5.33. The highest BCUT2D eigenvalue weighted by Crippen LogP contribution is 2.23. The average Bonchev–Trinajstić information content (AvgIpc) is 2.51. The highest BCUT2D eigenvalue weighted by atomic mass is 79.9. The Morgan fingerprint density at radius 2 is 2.14 bits per heavy atom. The third kappa shape index (κ3) is 2.38. The van der Waals surface area contributed by atoms with Crippen molar-refractivity contribution in [3.63, 3.8) is 0 Å². The standard InChI is InChI=1S/C9H12Br2N2O/c10-8-5-12-9(11)13(8)6-7-1-3-14-4-2-7/h5,7H,1-4,6H2. The fraction of sp³-hybridized carbons (Fsp3) is 0.667. The summed E-state index contributed by atoms with van der Waals surface area (Å²) in [6, 6.07) is 0. The van der Waals surface area contributed by atoms with E-state index in [2.05, 4.69) is 41.4 Å². The zero-order valence-corrected chi connectivity index (χ0v) is 10.9. The maximum Gasteiger partial charge on any atom is 0.177 e. The lowest BCUT2D eigenvalue weighted by Crippen LogP contribution is -2.20. The Bertz CT molecular complexity index is 288. The summed E-state index contributed by atoms with van der Waals surface area (Å²) in [4.78, 5) is 4.18. The van der Waals surface area contributed by atoms with E-state index in [4.69, 9.17) is 4.74 Å². The third-order valence-corrected chi connectivity index (χ3v) is 3.81. The number of imidazole rings is 1. The number of ether oxygens (including phenoxy) is 1. The lowest BCUT2D eigenvalue weighted by Gasteiger charge is -2.22. The summed E-state index contributed by atoms with van der Waals surface area (Å²) in [6.07, 6.45) is 4.12. The van der Waals surface area contributed by atoms with Crippen molar-refractivity contribution in [3.05, 3.63) is 15.5 Å². The van der Waals surface area contributed by atoms with Crippen LogP contribution in [-0.4, -0.2) is 22.8 Å². The molecule has 0 bridgehead atoms. The van der Waals surface area contributed by atoms with Crippen molar-refractivity contribution in [2.75, 3.05) is 13.2 Å². The minimum absolute atomic E-state index is 0.713. The van der Waals surface area contributed by atoms with Gasteiger partial charge in [0.25, 0.3) is 0 Å². The monoisotopic (exact) mass is 322 g/mol. The molecule has 1 aromatic heterocycles. The Labute approximate surface area is 100 Å². The van der Waals surface area contributed by atoms with Crippen LogP contribution in [0.15, 0.2) is 15.5 Å². The normalized spacial score (nSPS) is 18.7. The smallest absolute Gasteiger partial charge is 0.177 e. The highest BCUT2D eigenvalue weighted by Gasteiger charge is 2.16. The van der Waals surface area contributed by atoms with Crippen molar-refractivity contribution in [2.45, 2.75) is 19.4 Å². The van der Waals surface area contributed by atoms with Crippen LogP contribution in [-0.2, 0) is 11.3 Å². The topological polar surface area (TPSA) is 27.1 Å². The van der Waals surface area contributed by atoms with Gasteiger partial charge in [-0.15, -0.1) is 0 Å². The van der Waals surface area contributed by atoms with E-state index in [9.17, 15) is 0 Å². The molecule has 0 aromatic carbocycles. The maximum absolute atomic E-state index is 5.33. The van der Waals surface area contributed by atoms with Gasteiger partial charge in [-0.1, -0.05) is 0 Å². The van der Waals surface area contributed by atoms with Gasteiger partial charge in [0, 0.05) is 19.8 Å². The Kier molecular flexibility index (Phi) is 3.62. The van der Waals surface area contributed by atoms with Gasteiger partial charge in [-0.05, 0) is 50.6 Å². The first kappa shape index (κ1) is 10.6. The summed E-state index contributed by atoms with van der Waals surface area (Å²) in [5.74, 6) is 0.713.